The van der Waals surface area contributed by atoms with Gasteiger partial charge in [0.1, 0.15) is 0 Å². The smallest absolute Gasteiger partial charge is 0.264 e. The quantitative estimate of drug-likeness (QED) is 0.792. The van der Waals surface area contributed by atoms with Gasteiger partial charge in [-0.25, -0.2) is 8.42 Å². The first-order valence-electron chi connectivity index (χ1n) is 8.97. The molecule has 0 aliphatic carbocycles. The van der Waals surface area contributed by atoms with Crippen molar-refractivity contribution in [2.45, 2.75) is 43.5 Å². The van der Waals surface area contributed by atoms with E-state index >= 15 is 0 Å². The molecule has 25 heavy (non-hydrogen) atoms. The molecule has 0 amide bonds. The maximum atomic E-state index is 13.0. The van der Waals surface area contributed by atoms with E-state index in [1.54, 1.807) is 19.2 Å². The summed E-state index contributed by atoms with van der Waals surface area (Å²) < 4.78 is 27.5. The summed E-state index contributed by atoms with van der Waals surface area (Å²) in [5.74, 6) is 0. The van der Waals surface area contributed by atoms with E-state index in [0.29, 0.717) is 4.90 Å². The summed E-state index contributed by atoms with van der Waals surface area (Å²) in [7, 11) is -1.92. The van der Waals surface area contributed by atoms with Gasteiger partial charge in [-0.05, 0) is 36.2 Å². The van der Waals surface area contributed by atoms with Gasteiger partial charge in [0.2, 0.25) is 0 Å². The van der Waals surface area contributed by atoms with Crippen molar-refractivity contribution in [2.24, 2.45) is 0 Å². The Morgan fingerprint density at radius 3 is 2.40 bits per heavy atom. The van der Waals surface area contributed by atoms with E-state index in [0.717, 1.165) is 29.8 Å². The first-order chi connectivity index (χ1) is 12.1. The van der Waals surface area contributed by atoms with Crippen molar-refractivity contribution in [2.75, 3.05) is 17.9 Å². The number of fused-ring (bicyclic) bond motifs is 2. The van der Waals surface area contributed by atoms with Gasteiger partial charge in [0.25, 0.3) is 10.0 Å². The van der Waals surface area contributed by atoms with Gasteiger partial charge in [-0.2, -0.15) is 0 Å². The number of anilines is 1. The normalized spacial score (nSPS) is 18.3. The molecule has 0 radical (unpaired) electrons. The van der Waals surface area contributed by atoms with Crippen LogP contribution in [0.2, 0.25) is 0 Å². The van der Waals surface area contributed by atoms with E-state index < -0.39 is 10.0 Å². The van der Waals surface area contributed by atoms with Crippen LogP contribution in [0.15, 0.2) is 53.4 Å². The predicted octanol–water partition coefficient (Wildman–Crippen LogP) is 4.08. The van der Waals surface area contributed by atoms with E-state index in [1.807, 2.05) is 36.4 Å². The minimum Gasteiger partial charge on any atom is -0.306 e. The summed E-state index contributed by atoms with van der Waals surface area (Å²) in [5.41, 5.74) is 2.58. The van der Waals surface area contributed by atoms with Gasteiger partial charge in [-0.3, -0.25) is 4.31 Å². The number of nitrogens with zero attached hydrogens (tertiary/aromatic N) is 1. The second-order valence-electron chi connectivity index (χ2n) is 6.52. The van der Waals surface area contributed by atoms with Crippen LogP contribution in [0, 0.1) is 0 Å². The van der Waals surface area contributed by atoms with Crippen LogP contribution in [0.5, 0.6) is 0 Å². The fraction of sp³-hybridized carbons (Fsp3) is 0.400. The molecule has 0 spiro atoms. The molecule has 1 aliphatic heterocycles. The molecular weight excluding hydrogens is 332 g/mol. The highest BCUT2D eigenvalue weighted by atomic mass is 32.2. The predicted molar refractivity (Wildman–Crippen MR) is 102 cm³/mol. The third kappa shape index (κ3) is 3.44. The lowest BCUT2D eigenvalue weighted by Gasteiger charge is -2.22. The lowest BCUT2D eigenvalue weighted by molar-refractivity contribution is 0.551. The van der Waals surface area contributed by atoms with Crippen molar-refractivity contribution in [3.8, 4) is 0 Å². The molecule has 0 bridgehead atoms. The first-order valence-corrected chi connectivity index (χ1v) is 10.4. The van der Waals surface area contributed by atoms with Gasteiger partial charge in [-0.1, -0.05) is 62.6 Å². The van der Waals surface area contributed by atoms with Crippen LogP contribution in [0.3, 0.4) is 0 Å². The van der Waals surface area contributed by atoms with E-state index in [1.165, 1.54) is 23.6 Å². The zero-order valence-electron chi connectivity index (χ0n) is 14.9. The average molecular weight is 359 g/mol. The first kappa shape index (κ1) is 18.0. The molecule has 1 N–H and O–H groups in total. The number of hydrogen-bond acceptors (Lipinski definition) is 3. The lowest BCUT2D eigenvalue weighted by atomic mass is 9.96. The van der Waals surface area contributed by atoms with Gasteiger partial charge in [-0.15, -0.1) is 0 Å². The Kier molecular flexibility index (Phi) is 5.45. The van der Waals surface area contributed by atoms with E-state index in [4.69, 9.17) is 0 Å². The zero-order chi connectivity index (χ0) is 17.9. The van der Waals surface area contributed by atoms with Crippen molar-refractivity contribution in [1.29, 1.82) is 0 Å². The molecule has 1 atom stereocenters. The summed E-state index contributed by atoms with van der Waals surface area (Å²) in [6.45, 7) is 3.07. The van der Waals surface area contributed by atoms with Crippen LogP contribution in [0.4, 0.5) is 5.69 Å². The van der Waals surface area contributed by atoms with Crippen LogP contribution in [-0.2, 0) is 10.0 Å². The largest absolute Gasteiger partial charge is 0.306 e. The third-order valence-corrected chi connectivity index (χ3v) is 6.68. The highest BCUT2D eigenvalue weighted by Gasteiger charge is 2.34. The van der Waals surface area contributed by atoms with Crippen LogP contribution < -0.4 is 9.62 Å². The van der Waals surface area contributed by atoms with Crippen molar-refractivity contribution >= 4 is 15.7 Å². The molecule has 1 aliphatic rings. The molecule has 0 saturated heterocycles. The SMILES string of the molecule is CCCCCCNC1c2ccccc2N(C)S(=O)(=O)c2ccccc21. The fourth-order valence-corrected chi connectivity index (χ4v) is 4.89. The summed E-state index contributed by atoms with van der Waals surface area (Å²) in [4.78, 5) is 0.389. The monoisotopic (exact) mass is 358 g/mol. The molecule has 0 aromatic heterocycles. The Balaban J connectivity index is 2.03. The second kappa shape index (κ2) is 7.58. The van der Waals surface area contributed by atoms with Crippen LogP contribution in [0.25, 0.3) is 0 Å². The van der Waals surface area contributed by atoms with Crippen LogP contribution >= 0.6 is 0 Å². The van der Waals surface area contributed by atoms with Crippen molar-refractivity contribution < 1.29 is 8.42 Å². The Morgan fingerprint density at radius 2 is 1.64 bits per heavy atom. The Hall–Kier alpha value is -1.85. The van der Waals surface area contributed by atoms with E-state index in [2.05, 4.69) is 12.2 Å². The third-order valence-electron chi connectivity index (χ3n) is 4.83. The average Bonchev–Trinajstić information content (AvgIpc) is 2.70. The van der Waals surface area contributed by atoms with Gasteiger partial charge in [0.15, 0.2) is 0 Å². The van der Waals surface area contributed by atoms with Crippen LogP contribution in [0.1, 0.15) is 49.8 Å². The minimum atomic E-state index is -3.55. The minimum absolute atomic E-state index is 0.117. The highest BCUT2D eigenvalue weighted by Crippen LogP contribution is 2.39. The maximum absolute atomic E-state index is 13.0. The molecule has 2 aromatic rings. The van der Waals surface area contributed by atoms with Gasteiger partial charge >= 0.3 is 0 Å². The van der Waals surface area contributed by atoms with Crippen LogP contribution in [-0.4, -0.2) is 22.0 Å². The van der Waals surface area contributed by atoms with Gasteiger partial charge in [0, 0.05) is 7.05 Å². The highest BCUT2D eigenvalue weighted by molar-refractivity contribution is 7.92. The molecular formula is C20H26N2O2S. The van der Waals surface area contributed by atoms with Gasteiger partial charge < -0.3 is 5.32 Å². The Morgan fingerprint density at radius 1 is 0.960 bits per heavy atom. The molecule has 4 nitrogen and oxygen atoms in total. The number of nitrogens with one attached hydrogen (secondary N) is 1. The summed E-state index contributed by atoms with van der Waals surface area (Å²) in [5, 5.41) is 3.60. The van der Waals surface area contributed by atoms with Gasteiger partial charge in [0.05, 0.1) is 16.6 Å². The number of unbranched alkanes of at least 4 members (excludes halogenated alkanes) is 3. The van der Waals surface area contributed by atoms with E-state index in [9.17, 15) is 8.42 Å². The maximum Gasteiger partial charge on any atom is 0.264 e. The summed E-state index contributed by atoms with van der Waals surface area (Å²) in [6.07, 6.45) is 4.73. The standard InChI is InChI=1S/C20H26N2O2S/c1-3-4-5-10-15-21-20-16-11-6-8-13-18(16)22(2)25(23,24)19-14-9-7-12-17(19)20/h6-9,11-14,20-21H,3-5,10,15H2,1-2H3. The molecule has 5 heteroatoms. The lowest BCUT2D eigenvalue weighted by Crippen LogP contribution is -2.26. The molecule has 2 aromatic carbocycles. The van der Waals surface area contributed by atoms with E-state index in [-0.39, 0.29) is 6.04 Å². The molecule has 0 saturated carbocycles. The number of rotatable bonds is 6. The number of benzene rings is 2. The zero-order valence-corrected chi connectivity index (χ0v) is 15.7. The second-order valence-corrected chi connectivity index (χ2v) is 8.45. The molecule has 134 valence electrons. The summed E-state index contributed by atoms with van der Waals surface area (Å²) >= 11 is 0. The Bertz CT molecular complexity index is 833. The molecule has 1 unspecified atom stereocenters. The number of sulfonamides is 1. The topological polar surface area (TPSA) is 49.4 Å². The molecule has 1 heterocycles. The van der Waals surface area contributed by atoms with Crippen molar-refractivity contribution in [3.05, 3.63) is 59.7 Å². The molecule has 0 fully saturated rings. The van der Waals surface area contributed by atoms with Crippen molar-refractivity contribution in [1.82, 2.24) is 5.32 Å². The fourth-order valence-electron chi connectivity index (χ4n) is 3.43. The molecule has 3 rings (SSSR count). The number of hydrogen-bond donors (Lipinski definition) is 1. The summed E-state index contributed by atoms with van der Waals surface area (Å²) in [6, 6.07) is 15.0. The Labute approximate surface area is 150 Å². The van der Waals surface area contributed by atoms with Crippen molar-refractivity contribution in [3.63, 3.8) is 0 Å². The number of para-hydroxylation sites is 1.